The second kappa shape index (κ2) is 15.7. The summed E-state index contributed by atoms with van der Waals surface area (Å²) in [7, 11) is 6.16. The molecule has 2 N–H and O–H groups in total. The molecule has 0 unspecified atom stereocenters. The van der Waals surface area contributed by atoms with E-state index >= 15 is 0 Å². The van der Waals surface area contributed by atoms with Crippen LogP contribution >= 0.6 is 0 Å². The van der Waals surface area contributed by atoms with E-state index in [0.717, 1.165) is 56.0 Å². The predicted octanol–water partition coefficient (Wildman–Crippen LogP) is 1.41. The summed E-state index contributed by atoms with van der Waals surface area (Å²) in [4.78, 5) is 20.3. The molecule has 0 fully saturated rings. The molecule has 0 heterocycles. The predicted molar refractivity (Wildman–Crippen MR) is 88.8 cm³/mol. The zero-order valence-corrected chi connectivity index (χ0v) is 15.1. The lowest BCUT2D eigenvalue weighted by atomic mass is 10.1. The van der Waals surface area contributed by atoms with Crippen LogP contribution in [0.15, 0.2) is 0 Å². The second-order valence-electron chi connectivity index (χ2n) is 6.83. The maximum Gasteiger partial charge on any atom is 0.303 e. The number of carbonyl (C=O) groups is 2. The maximum absolute atomic E-state index is 10.2. The van der Waals surface area contributed by atoms with E-state index in [1.54, 1.807) is 0 Å². The van der Waals surface area contributed by atoms with Crippen LogP contribution in [0.2, 0.25) is 0 Å². The highest BCUT2D eigenvalue weighted by Gasteiger charge is 2.02. The first kappa shape index (κ1) is 24.1. The van der Waals surface area contributed by atoms with Crippen LogP contribution in [0, 0.1) is 0 Å². The van der Waals surface area contributed by atoms with E-state index < -0.39 is 11.9 Å². The van der Waals surface area contributed by atoms with Gasteiger partial charge in [0.25, 0.3) is 0 Å². The normalized spacial score (nSPS) is 10.8. The van der Waals surface area contributed by atoms with E-state index in [1.807, 2.05) is 0 Å². The van der Waals surface area contributed by atoms with Gasteiger partial charge in [-0.25, -0.2) is 0 Å². The van der Waals surface area contributed by atoms with Crippen molar-refractivity contribution in [3.05, 3.63) is 0 Å². The van der Waals surface area contributed by atoms with Gasteiger partial charge in [0, 0.05) is 12.4 Å². The number of hydrogen-bond acceptors (Lipinski definition) is 4. The minimum Gasteiger partial charge on any atom is -0.550 e. The van der Waals surface area contributed by atoms with E-state index in [1.165, 1.54) is 0 Å². The second-order valence-corrected chi connectivity index (χ2v) is 6.83. The van der Waals surface area contributed by atoms with Crippen molar-refractivity contribution < 1.29 is 29.4 Å². The zero-order valence-electron chi connectivity index (χ0n) is 15.1. The number of hydrogen-bond donors (Lipinski definition) is 2. The van der Waals surface area contributed by atoms with Crippen molar-refractivity contribution in [2.24, 2.45) is 0 Å². The zero-order chi connectivity index (χ0) is 18.1. The Morgan fingerprint density at radius 1 is 0.826 bits per heavy atom. The van der Waals surface area contributed by atoms with Crippen molar-refractivity contribution in [3.63, 3.8) is 0 Å². The third-order valence-corrected chi connectivity index (χ3v) is 3.29. The van der Waals surface area contributed by atoms with Gasteiger partial charge < -0.3 is 24.6 Å². The van der Waals surface area contributed by atoms with Gasteiger partial charge in [-0.05, 0) is 19.3 Å². The van der Waals surface area contributed by atoms with Crippen LogP contribution in [0.25, 0.3) is 0 Å². The molecule has 0 aliphatic carbocycles. The molecule has 0 saturated carbocycles. The van der Waals surface area contributed by atoms with Gasteiger partial charge in [0.2, 0.25) is 0 Å². The molecule has 0 aromatic carbocycles. The molecule has 6 heteroatoms. The molecule has 0 aromatic heterocycles. The molecule has 0 bridgehead atoms. The van der Waals surface area contributed by atoms with Crippen LogP contribution in [-0.4, -0.2) is 60.9 Å². The monoisotopic (exact) mass is 333 g/mol. The van der Waals surface area contributed by atoms with Gasteiger partial charge in [-0.2, -0.15) is 0 Å². The van der Waals surface area contributed by atoms with Gasteiger partial charge >= 0.3 is 5.97 Å². The number of carbonyl (C=O) groups excluding carboxylic acids is 1. The fourth-order valence-corrected chi connectivity index (χ4v) is 1.91. The molecule has 0 atom stereocenters. The first-order valence-electron chi connectivity index (χ1n) is 8.52. The molecule has 0 radical (unpaired) electrons. The quantitative estimate of drug-likeness (QED) is 0.392. The fraction of sp³-hybridized carbons (Fsp3) is 0.882. The van der Waals surface area contributed by atoms with Crippen molar-refractivity contribution >= 4 is 11.9 Å². The molecule has 0 aliphatic heterocycles. The summed E-state index contributed by atoms with van der Waals surface area (Å²) >= 11 is 0. The Balaban J connectivity index is 0. The number of carboxylic acid groups (broad SMARTS) is 2. The maximum atomic E-state index is 10.2. The summed E-state index contributed by atoms with van der Waals surface area (Å²) in [5, 5.41) is 26.9. The molecule has 23 heavy (non-hydrogen) atoms. The summed E-state index contributed by atoms with van der Waals surface area (Å²) in [6, 6.07) is 0. The molecule has 0 rings (SSSR count). The SMILES string of the molecule is C[N+](C)(C)CCO.O=C([O-])CCCCCCCCCCC(=O)O. The van der Waals surface area contributed by atoms with Crippen molar-refractivity contribution in [3.8, 4) is 0 Å². The number of nitrogens with zero attached hydrogens (tertiary/aromatic N) is 1. The molecular weight excluding hydrogens is 298 g/mol. The highest BCUT2D eigenvalue weighted by molar-refractivity contribution is 5.66. The van der Waals surface area contributed by atoms with E-state index in [4.69, 9.17) is 10.2 Å². The van der Waals surface area contributed by atoms with E-state index in [0.29, 0.717) is 6.42 Å². The molecule has 6 nitrogen and oxygen atoms in total. The number of unbranched alkanes of at least 4 members (excludes halogenated alkanes) is 7. The van der Waals surface area contributed by atoms with Gasteiger partial charge in [-0.1, -0.05) is 38.5 Å². The Morgan fingerprint density at radius 2 is 1.22 bits per heavy atom. The Labute approximate surface area is 140 Å². The fourth-order valence-electron chi connectivity index (χ4n) is 1.91. The highest BCUT2D eigenvalue weighted by atomic mass is 16.4. The van der Waals surface area contributed by atoms with Crippen LogP contribution in [-0.2, 0) is 9.59 Å². The van der Waals surface area contributed by atoms with Crippen LogP contribution < -0.4 is 5.11 Å². The number of carboxylic acids is 2. The van der Waals surface area contributed by atoms with Crippen molar-refractivity contribution in [1.82, 2.24) is 0 Å². The van der Waals surface area contributed by atoms with E-state index in [-0.39, 0.29) is 19.4 Å². The minimum absolute atomic E-state index is 0.165. The van der Waals surface area contributed by atoms with E-state index in [2.05, 4.69) is 21.1 Å². The van der Waals surface area contributed by atoms with Crippen LogP contribution in [0.5, 0.6) is 0 Å². The number of quaternary nitrogens is 1. The van der Waals surface area contributed by atoms with Crippen LogP contribution in [0.1, 0.15) is 64.2 Å². The largest absolute Gasteiger partial charge is 0.550 e. The number of likely N-dealkylation sites (N-methyl/N-ethyl adjacent to an activating group) is 1. The van der Waals surface area contributed by atoms with Gasteiger partial charge in [-0.15, -0.1) is 0 Å². The lowest BCUT2D eigenvalue weighted by molar-refractivity contribution is -0.870. The molecular formula is C17H35NO5. The summed E-state index contributed by atoms with van der Waals surface area (Å²) in [6.45, 7) is 1.11. The number of aliphatic hydroxyl groups excluding tert-OH is 1. The van der Waals surface area contributed by atoms with Crippen molar-refractivity contribution in [1.29, 1.82) is 0 Å². The van der Waals surface area contributed by atoms with Crippen molar-refractivity contribution in [2.45, 2.75) is 64.2 Å². The first-order valence-corrected chi connectivity index (χ1v) is 8.52. The molecule has 0 saturated heterocycles. The van der Waals surface area contributed by atoms with E-state index in [9.17, 15) is 14.7 Å². The first-order chi connectivity index (χ1) is 10.7. The molecule has 0 aliphatic rings. The summed E-state index contributed by atoms with van der Waals surface area (Å²) in [5.41, 5.74) is 0. The average Bonchev–Trinajstić information content (AvgIpc) is 2.39. The Hall–Kier alpha value is -1.14. The number of rotatable bonds is 13. The molecule has 138 valence electrons. The lowest BCUT2D eigenvalue weighted by Crippen LogP contribution is -2.36. The number of aliphatic hydroxyl groups is 1. The molecule has 0 amide bonds. The molecule has 0 aromatic rings. The molecule has 0 spiro atoms. The minimum atomic E-state index is -0.964. The van der Waals surface area contributed by atoms with Gasteiger partial charge in [0.15, 0.2) is 0 Å². The Kier molecular flexibility index (Phi) is 16.5. The summed E-state index contributed by atoms with van der Waals surface area (Å²) < 4.78 is 0.844. The highest BCUT2D eigenvalue weighted by Crippen LogP contribution is 2.10. The lowest BCUT2D eigenvalue weighted by Gasteiger charge is -2.21. The standard InChI is InChI=1S/C12H22O4.C5H14NO/c13-11(14)9-7-5-3-1-2-4-6-8-10-12(15)16;1-6(2,3)4-5-7/h1-10H2,(H,13,14)(H,15,16);7H,4-5H2,1-3H3/q;+1/p-1. The smallest absolute Gasteiger partial charge is 0.303 e. The van der Waals surface area contributed by atoms with Gasteiger partial charge in [0.05, 0.1) is 27.7 Å². The Morgan fingerprint density at radius 3 is 1.48 bits per heavy atom. The Bertz CT molecular complexity index is 278. The summed E-state index contributed by atoms with van der Waals surface area (Å²) in [5.74, 6) is -1.68. The van der Waals surface area contributed by atoms with Crippen LogP contribution in [0.4, 0.5) is 0 Å². The summed E-state index contributed by atoms with van der Waals surface area (Å²) in [6.07, 6.45) is 8.20. The van der Waals surface area contributed by atoms with Gasteiger partial charge in [0.1, 0.15) is 6.54 Å². The van der Waals surface area contributed by atoms with Crippen molar-refractivity contribution in [2.75, 3.05) is 34.3 Å². The topological polar surface area (TPSA) is 97.7 Å². The third-order valence-electron chi connectivity index (χ3n) is 3.29. The van der Waals surface area contributed by atoms with Gasteiger partial charge in [-0.3, -0.25) is 4.79 Å². The third kappa shape index (κ3) is 29.5. The van der Waals surface area contributed by atoms with Crippen LogP contribution in [0.3, 0.4) is 0 Å². The average molecular weight is 333 g/mol. The number of aliphatic carboxylic acids is 2.